The normalized spacial score (nSPS) is 12.7. The SMILES string of the molecule is Cc1nc(C)c(C(O)Cc2cccc(Br)c2)s1. The van der Waals surface area contributed by atoms with Gasteiger partial charge in [0, 0.05) is 10.9 Å². The number of benzene rings is 1. The van der Waals surface area contributed by atoms with Crippen molar-refractivity contribution < 1.29 is 5.11 Å². The van der Waals surface area contributed by atoms with Gasteiger partial charge in [0.25, 0.3) is 0 Å². The van der Waals surface area contributed by atoms with E-state index >= 15 is 0 Å². The van der Waals surface area contributed by atoms with Gasteiger partial charge in [0.05, 0.1) is 21.7 Å². The third-order valence-corrected chi connectivity index (χ3v) is 4.23. The Bertz CT molecular complexity index is 524. The van der Waals surface area contributed by atoms with Gasteiger partial charge < -0.3 is 5.11 Å². The Morgan fingerprint density at radius 3 is 2.76 bits per heavy atom. The van der Waals surface area contributed by atoms with Crippen LogP contribution >= 0.6 is 27.3 Å². The second-order valence-corrected chi connectivity index (χ2v) is 6.18. The van der Waals surface area contributed by atoms with E-state index in [1.165, 1.54) is 0 Å². The Balaban J connectivity index is 2.16. The lowest BCUT2D eigenvalue weighted by Crippen LogP contribution is -2.01. The highest BCUT2D eigenvalue weighted by molar-refractivity contribution is 9.10. The maximum absolute atomic E-state index is 10.2. The van der Waals surface area contributed by atoms with Crippen LogP contribution in [0.15, 0.2) is 28.7 Å². The molecule has 1 aromatic carbocycles. The summed E-state index contributed by atoms with van der Waals surface area (Å²) in [5, 5.41) is 11.2. The van der Waals surface area contributed by atoms with Crippen LogP contribution in [-0.2, 0) is 6.42 Å². The number of aliphatic hydroxyl groups is 1. The highest BCUT2D eigenvalue weighted by atomic mass is 79.9. The van der Waals surface area contributed by atoms with Crippen molar-refractivity contribution >= 4 is 27.3 Å². The van der Waals surface area contributed by atoms with Gasteiger partial charge in [-0.1, -0.05) is 28.1 Å². The lowest BCUT2D eigenvalue weighted by molar-refractivity contribution is 0.181. The van der Waals surface area contributed by atoms with Gasteiger partial charge in [-0.2, -0.15) is 0 Å². The van der Waals surface area contributed by atoms with Gasteiger partial charge in [-0.3, -0.25) is 0 Å². The Labute approximate surface area is 113 Å². The zero-order valence-electron chi connectivity index (χ0n) is 9.77. The first kappa shape index (κ1) is 12.7. The molecule has 17 heavy (non-hydrogen) atoms. The molecule has 1 heterocycles. The number of nitrogens with zero attached hydrogens (tertiary/aromatic N) is 1. The molecule has 0 saturated carbocycles. The maximum Gasteiger partial charge on any atom is 0.0941 e. The lowest BCUT2D eigenvalue weighted by atomic mass is 10.1. The quantitative estimate of drug-likeness (QED) is 0.935. The zero-order valence-corrected chi connectivity index (χ0v) is 12.2. The van der Waals surface area contributed by atoms with Crippen LogP contribution in [0.3, 0.4) is 0 Å². The molecule has 90 valence electrons. The number of hydrogen-bond acceptors (Lipinski definition) is 3. The van der Waals surface area contributed by atoms with Crippen molar-refractivity contribution in [2.24, 2.45) is 0 Å². The van der Waals surface area contributed by atoms with Crippen LogP contribution in [0.4, 0.5) is 0 Å². The van der Waals surface area contributed by atoms with Crippen LogP contribution < -0.4 is 0 Å². The van der Waals surface area contributed by atoms with E-state index in [1.54, 1.807) is 11.3 Å². The van der Waals surface area contributed by atoms with Gasteiger partial charge in [-0.25, -0.2) is 4.98 Å². The van der Waals surface area contributed by atoms with Crippen LogP contribution in [-0.4, -0.2) is 10.1 Å². The van der Waals surface area contributed by atoms with E-state index in [0.717, 1.165) is 25.6 Å². The van der Waals surface area contributed by atoms with Crippen LogP contribution in [0, 0.1) is 13.8 Å². The molecular weight excluding hydrogens is 298 g/mol. The van der Waals surface area contributed by atoms with Gasteiger partial charge in [-0.05, 0) is 31.5 Å². The fourth-order valence-electron chi connectivity index (χ4n) is 1.84. The van der Waals surface area contributed by atoms with E-state index < -0.39 is 6.10 Å². The summed E-state index contributed by atoms with van der Waals surface area (Å²) in [7, 11) is 0. The summed E-state index contributed by atoms with van der Waals surface area (Å²) in [6.45, 7) is 3.91. The van der Waals surface area contributed by atoms with Gasteiger partial charge >= 0.3 is 0 Å². The van der Waals surface area contributed by atoms with Gasteiger partial charge in [-0.15, -0.1) is 11.3 Å². The number of halogens is 1. The van der Waals surface area contributed by atoms with Crippen molar-refractivity contribution in [3.63, 3.8) is 0 Å². The van der Waals surface area contributed by atoms with Gasteiger partial charge in [0.15, 0.2) is 0 Å². The monoisotopic (exact) mass is 311 g/mol. The van der Waals surface area contributed by atoms with E-state index in [9.17, 15) is 5.11 Å². The molecular formula is C13H14BrNOS. The maximum atomic E-state index is 10.2. The molecule has 1 atom stereocenters. The molecule has 2 nitrogen and oxygen atoms in total. The molecule has 0 bridgehead atoms. The summed E-state index contributed by atoms with van der Waals surface area (Å²) in [6, 6.07) is 8.03. The predicted molar refractivity (Wildman–Crippen MR) is 74.4 cm³/mol. The minimum atomic E-state index is -0.463. The van der Waals surface area contributed by atoms with E-state index in [1.807, 2.05) is 38.1 Å². The molecule has 1 unspecified atom stereocenters. The van der Waals surface area contributed by atoms with Crippen molar-refractivity contribution in [3.8, 4) is 0 Å². The predicted octanol–water partition coefficient (Wildman–Crippen LogP) is 3.80. The van der Waals surface area contributed by atoms with Crippen LogP contribution in [0.2, 0.25) is 0 Å². The molecule has 0 saturated heterocycles. The molecule has 0 aliphatic rings. The second-order valence-electron chi connectivity index (χ2n) is 4.03. The molecule has 0 fully saturated rings. The number of aryl methyl sites for hydroxylation is 2. The Morgan fingerprint density at radius 2 is 2.18 bits per heavy atom. The summed E-state index contributed by atoms with van der Waals surface area (Å²) in [4.78, 5) is 5.32. The minimum Gasteiger partial charge on any atom is -0.387 e. The first-order valence-corrected chi connectivity index (χ1v) is 7.03. The number of thiazole rings is 1. The minimum absolute atomic E-state index is 0.463. The highest BCUT2D eigenvalue weighted by Crippen LogP contribution is 2.27. The smallest absolute Gasteiger partial charge is 0.0941 e. The largest absolute Gasteiger partial charge is 0.387 e. The highest BCUT2D eigenvalue weighted by Gasteiger charge is 2.15. The molecule has 0 radical (unpaired) electrons. The molecule has 2 aromatic rings. The van der Waals surface area contributed by atoms with E-state index in [4.69, 9.17) is 0 Å². The summed E-state index contributed by atoms with van der Waals surface area (Å²) < 4.78 is 1.04. The fraction of sp³-hybridized carbons (Fsp3) is 0.308. The Morgan fingerprint density at radius 1 is 1.41 bits per heavy atom. The number of rotatable bonds is 3. The van der Waals surface area contributed by atoms with E-state index in [2.05, 4.69) is 20.9 Å². The zero-order chi connectivity index (χ0) is 12.4. The molecule has 1 N–H and O–H groups in total. The third kappa shape index (κ3) is 3.15. The number of hydrogen-bond donors (Lipinski definition) is 1. The summed E-state index contributed by atoms with van der Waals surface area (Å²) >= 11 is 5.01. The molecule has 0 aliphatic carbocycles. The standard InChI is InChI=1S/C13H14BrNOS/c1-8-13(17-9(2)15-8)12(16)7-10-4-3-5-11(14)6-10/h3-6,12,16H,7H2,1-2H3. The Kier molecular flexibility index (Phi) is 3.97. The lowest BCUT2D eigenvalue weighted by Gasteiger charge is -2.09. The van der Waals surface area contributed by atoms with Gasteiger partial charge in [0.1, 0.15) is 0 Å². The average molecular weight is 312 g/mol. The van der Waals surface area contributed by atoms with Crippen LogP contribution in [0.25, 0.3) is 0 Å². The molecule has 4 heteroatoms. The van der Waals surface area contributed by atoms with Crippen LogP contribution in [0.1, 0.15) is 27.2 Å². The van der Waals surface area contributed by atoms with Gasteiger partial charge in [0.2, 0.25) is 0 Å². The summed E-state index contributed by atoms with van der Waals surface area (Å²) in [5.41, 5.74) is 2.06. The van der Waals surface area contributed by atoms with Crippen LogP contribution in [0.5, 0.6) is 0 Å². The number of aromatic nitrogens is 1. The Hall–Kier alpha value is -0.710. The molecule has 1 aromatic heterocycles. The summed E-state index contributed by atoms with van der Waals surface area (Å²) in [6.07, 6.45) is 0.164. The van der Waals surface area contributed by atoms with E-state index in [0.29, 0.717) is 6.42 Å². The van der Waals surface area contributed by atoms with Crippen molar-refractivity contribution in [2.75, 3.05) is 0 Å². The third-order valence-electron chi connectivity index (χ3n) is 2.56. The first-order valence-electron chi connectivity index (χ1n) is 5.42. The van der Waals surface area contributed by atoms with Crippen molar-refractivity contribution in [1.82, 2.24) is 4.98 Å². The first-order chi connectivity index (χ1) is 8.06. The molecule has 0 aliphatic heterocycles. The number of aliphatic hydroxyl groups excluding tert-OH is 1. The van der Waals surface area contributed by atoms with Crippen molar-refractivity contribution in [1.29, 1.82) is 0 Å². The van der Waals surface area contributed by atoms with Crippen molar-refractivity contribution in [2.45, 2.75) is 26.4 Å². The van der Waals surface area contributed by atoms with E-state index in [-0.39, 0.29) is 0 Å². The molecule has 2 rings (SSSR count). The average Bonchev–Trinajstić information content (AvgIpc) is 2.58. The molecule has 0 amide bonds. The molecule has 0 spiro atoms. The summed E-state index contributed by atoms with van der Waals surface area (Å²) in [5.74, 6) is 0. The van der Waals surface area contributed by atoms with Crippen molar-refractivity contribution in [3.05, 3.63) is 49.9 Å². The second kappa shape index (κ2) is 5.29. The topological polar surface area (TPSA) is 33.1 Å². The fourth-order valence-corrected chi connectivity index (χ4v) is 3.20.